The van der Waals surface area contributed by atoms with Crippen LogP contribution in [0.25, 0.3) is 0 Å². The molecule has 1 unspecified atom stereocenters. The van der Waals surface area contributed by atoms with Crippen LogP contribution in [0.2, 0.25) is 0 Å². The van der Waals surface area contributed by atoms with Crippen molar-refractivity contribution in [2.45, 2.75) is 37.9 Å². The Morgan fingerprint density at radius 1 is 1.25 bits per heavy atom. The Kier molecular flexibility index (Phi) is 6.15. The van der Waals surface area contributed by atoms with E-state index >= 15 is 0 Å². The van der Waals surface area contributed by atoms with Gasteiger partial charge in [0.25, 0.3) is 0 Å². The fourth-order valence-electron chi connectivity index (χ4n) is 3.82. The van der Waals surface area contributed by atoms with Crippen molar-refractivity contribution in [1.29, 1.82) is 0 Å². The van der Waals surface area contributed by atoms with Crippen molar-refractivity contribution < 1.29 is 4.92 Å². The first-order valence-corrected chi connectivity index (χ1v) is 9.68. The van der Waals surface area contributed by atoms with Crippen LogP contribution in [0.3, 0.4) is 0 Å². The van der Waals surface area contributed by atoms with Gasteiger partial charge in [0.1, 0.15) is 6.21 Å². The number of para-hydroxylation sites is 1. The smallest absolute Gasteiger partial charge is 0.326 e. The number of hydrogen-bond donors (Lipinski definition) is 5. The minimum absolute atomic E-state index is 0.113. The van der Waals surface area contributed by atoms with Crippen molar-refractivity contribution in [2.24, 2.45) is 28.3 Å². The van der Waals surface area contributed by atoms with Gasteiger partial charge < -0.3 is 22.1 Å². The third-order valence-corrected chi connectivity index (χ3v) is 5.59. The first kappa shape index (κ1) is 20.1. The first-order chi connectivity index (χ1) is 13.4. The molecule has 1 heterocycles. The molecule has 3 rings (SSSR count). The van der Waals surface area contributed by atoms with Gasteiger partial charge >= 0.3 is 5.70 Å². The number of anilines is 1. The first-order valence-electron chi connectivity index (χ1n) is 9.68. The lowest BCUT2D eigenvalue weighted by Crippen LogP contribution is -2.58. The van der Waals surface area contributed by atoms with Crippen LogP contribution in [0.5, 0.6) is 0 Å². The lowest BCUT2D eigenvalue weighted by Gasteiger charge is -2.33. The van der Waals surface area contributed by atoms with E-state index < -0.39 is 10.7 Å². The molecule has 2 aliphatic rings. The molecule has 1 aliphatic heterocycles. The third-order valence-electron chi connectivity index (χ3n) is 5.59. The Morgan fingerprint density at radius 2 is 1.93 bits per heavy atom. The van der Waals surface area contributed by atoms with E-state index in [0.29, 0.717) is 36.3 Å². The molecule has 28 heavy (non-hydrogen) atoms. The van der Waals surface area contributed by atoms with E-state index in [-0.39, 0.29) is 5.70 Å². The van der Waals surface area contributed by atoms with E-state index in [1.54, 1.807) is 6.07 Å². The zero-order chi connectivity index (χ0) is 20.1. The van der Waals surface area contributed by atoms with Crippen LogP contribution in [-0.2, 0) is 6.42 Å². The van der Waals surface area contributed by atoms with E-state index in [2.05, 4.69) is 15.6 Å². The lowest BCUT2D eigenvalue weighted by molar-refractivity contribution is -0.416. The fraction of sp³-hybridized carbons (Fsp3) is 0.526. The van der Waals surface area contributed by atoms with Gasteiger partial charge in [0.2, 0.25) is 0 Å². The van der Waals surface area contributed by atoms with Crippen LogP contribution >= 0.6 is 0 Å². The average molecular weight is 387 g/mol. The van der Waals surface area contributed by atoms with E-state index in [9.17, 15) is 10.1 Å². The molecule has 0 amide bonds. The predicted octanol–water partition coefficient (Wildman–Crippen LogP) is 0.898. The summed E-state index contributed by atoms with van der Waals surface area (Å²) >= 11 is 0. The maximum absolute atomic E-state index is 11.4. The highest BCUT2D eigenvalue weighted by Crippen LogP contribution is 2.28. The minimum Gasteiger partial charge on any atom is -0.399 e. The van der Waals surface area contributed by atoms with Gasteiger partial charge in [-0.25, -0.2) is 4.99 Å². The van der Waals surface area contributed by atoms with Crippen LogP contribution in [0, 0.1) is 22.0 Å². The number of aliphatic imine (C=N–C) groups is 1. The second kappa shape index (κ2) is 8.57. The van der Waals surface area contributed by atoms with Gasteiger partial charge in [-0.3, -0.25) is 15.8 Å². The molecular weight excluding hydrogens is 358 g/mol. The van der Waals surface area contributed by atoms with Crippen LogP contribution in [0.1, 0.15) is 31.2 Å². The summed E-state index contributed by atoms with van der Waals surface area (Å²) in [4.78, 5) is 15.2. The molecule has 0 saturated heterocycles. The Balaban J connectivity index is 1.68. The number of nitrogens with zero attached hydrogens (tertiary/aromatic N) is 2. The molecule has 1 fully saturated rings. The number of benzene rings is 1. The summed E-state index contributed by atoms with van der Waals surface area (Å²) < 4.78 is 0. The van der Waals surface area contributed by atoms with E-state index in [0.717, 1.165) is 37.8 Å². The maximum atomic E-state index is 11.4. The minimum atomic E-state index is -1.20. The number of nitro groups is 1. The summed E-state index contributed by atoms with van der Waals surface area (Å²) in [5, 5.41) is 17.7. The Labute approximate surface area is 164 Å². The van der Waals surface area contributed by atoms with Crippen LogP contribution < -0.4 is 27.8 Å². The largest absolute Gasteiger partial charge is 0.399 e. The van der Waals surface area contributed by atoms with Gasteiger partial charge in [-0.2, -0.15) is 0 Å². The maximum Gasteiger partial charge on any atom is 0.326 e. The van der Waals surface area contributed by atoms with Crippen LogP contribution in [-0.4, -0.2) is 30.0 Å². The predicted molar refractivity (Wildman–Crippen MR) is 110 cm³/mol. The molecule has 9 nitrogen and oxygen atoms in total. The number of nitrogens with two attached hydrogens (primary N) is 3. The number of rotatable bonds is 7. The SMILES string of the molecule is NCC1CCC(CNC2=C([N+](=O)[O-])C=NC(N)(Cc3ccccc3N)N2)CC1. The van der Waals surface area contributed by atoms with Crippen LogP contribution in [0.15, 0.2) is 40.8 Å². The second-order valence-electron chi connectivity index (χ2n) is 7.70. The second-order valence-corrected chi connectivity index (χ2v) is 7.70. The van der Waals surface area contributed by atoms with Gasteiger partial charge in [-0.15, -0.1) is 0 Å². The van der Waals surface area contributed by atoms with Crippen LogP contribution in [0.4, 0.5) is 5.69 Å². The molecular formula is C19H29N7O2. The average Bonchev–Trinajstić information content (AvgIpc) is 2.68. The van der Waals surface area contributed by atoms with E-state index in [4.69, 9.17) is 17.2 Å². The van der Waals surface area contributed by atoms with Crippen molar-refractivity contribution in [1.82, 2.24) is 10.6 Å². The van der Waals surface area contributed by atoms with Gasteiger partial charge in [0.15, 0.2) is 11.6 Å². The molecule has 8 N–H and O–H groups in total. The van der Waals surface area contributed by atoms with Crippen molar-refractivity contribution in [3.63, 3.8) is 0 Å². The number of nitrogens with one attached hydrogen (secondary N) is 2. The summed E-state index contributed by atoms with van der Waals surface area (Å²) in [6.07, 6.45) is 5.88. The summed E-state index contributed by atoms with van der Waals surface area (Å²) in [5.74, 6) is 0.158. The Hall–Kier alpha value is -2.65. The van der Waals surface area contributed by atoms with Crippen molar-refractivity contribution in [2.75, 3.05) is 18.8 Å². The molecule has 9 heteroatoms. The number of nitrogen functional groups attached to an aromatic ring is 1. The fourth-order valence-corrected chi connectivity index (χ4v) is 3.82. The summed E-state index contributed by atoms with van der Waals surface area (Å²) in [5.41, 5.74) is 19.5. The van der Waals surface area contributed by atoms with Crippen molar-refractivity contribution >= 4 is 11.9 Å². The van der Waals surface area contributed by atoms with E-state index in [1.165, 1.54) is 6.21 Å². The highest BCUT2D eigenvalue weighted by molar-refractivity contribution is 5.77. The van der Waals surface area contributed by atoms with Gasteiger partial charge in [0, 0.05) is 18.7 Å². The molecule has 1 aromatic carbocycles. The highest BCUT2D eigenvalue weighted by Gasteiger charge is 2.34. The zero-order valence-corrected chi connectivity index (χ0v) is 15.9. The Bertz CT molecular complexity index is 771. The standard InChI is InChI=1S/C19H29N7O2/c20-10-13-5-7-14(8-6-13)11-23-18-17(26(27)28)12-24-19(22,25-18)9-15-3-1-2-4-16(15)21/h1-4,12-14,23,25H,5-11,20-22H2. The summed E-state index contributed by atoms with van der Waals surface area (Å²) in [6.45, 7) is 1.38. The normalized spacial score (nSPS) is 27.4. The third kappa shape index (κ3) is 4.79. The molecule has 0 radical (unpaired) electrons. The summed E-state index contributed by atoms with van der Waals surface area (Å²) in [6, 6.07) is 7.38. The summed E-state index contributed by atoms with van der Waals surface area (Å²) in [7, 11) is 0. The lowest BCUT2D eigenvalue weighted by atomic mass is 9.82. The molecule has 1 aliphatic carbocycles. The van der Waals surface area contributed by atoms with Gasteiger partial charge in [0.05, 0.1) is 4.92 Å². The molecule has 152 valence electrons. The van der Waals surface area contributed by atoms with E-state index in [1.807, 2.05) is 18.2 Å². The highest BCUT2D eigenvalue weighted by atomic mass is 16.6. The van der Waals surface area contributed by atoms with Crippen molar-refractivity contribution in [3.05, 3.63) is 51.5 Å². The molecule has 1 aromatic rings. The van der Waals surface area contributed by atoms with Crippen molar-refractivity contribution in [3.8, 4) is 0 Å². The topological polar surface area (TPSA) is 158 Å². The quantitative estimate of drug-likeness (QED) is 0.264. The Morgan fingerprint density at radius 3 is 2.57 bits per heavy atom. The number of hydrogen-bond acceptors (Lipinski definition) is 8. The van der Waals surface area contributed by atoms with Gasteiger partial charge in [-0.1, -0.05) is 18.2 Å². The monoisotopic (exact) mass is 387 g/mol. The molecule has 0 aromatic heterocycles. The number of allylic oxidation sites excluding steroid dienone is 1. The molecule has 0 bridgehead atoms. The zero-order valence-electron chi connectivity index (χ0n) is 15.9. The van der Waals surface area contributed by atoms with Gasteiger partial charge in [-0.05, 0) is 55.7 Å². The molecule has 0 spiro atoms. The molecule has 1 saturated carbocycles. The molecule has 1 atom stereocenters.